The van der Waals surface area contributed by atoms with E-state index in [0.29, 0.717) is 13.2 Å². The van der Waals surface area contributed by atoms with E-state index in [1.54, 1.807) is 7.11 Å². The Balaban J connectivity index is 1.62. The summed E-state index contributed by atoms with van der Waals surface area (Å²) in [7, 11) is 1.66. The lowest BCUT2D eigenvalue weighted by Crippen LogP contribution is -2.33. The molecule has 6 atom stereocenters. The summed E-state index contributed by atoms with van der Waals surface area (Å²) in [4.78, 5) is 0. The molecule has 0 saturated carbocycles. The van der Waals surface area contributed by atoms with Crippen molar-refractivity contribution < 1.29 is 24.1 Å². The van der Waals surface area contributed by atoms with Gasteiger partial charge >= 0.3 is 0 Å². The summed E-state index contributed by atoms with van der Waals surface area (Å²) in [6.07, 6.45) is 5.99. The van der Waals surface area contributed by atoms with Gasteiger partial charge in [-0.2, -0.15) is 0 Å². The fourth-order valence-electron chi connectivity index (χ4n) is 4.33. The van der Waals surface area contributed by atoms with Gasteiger partial charge in [0.1, 0.15) is 5.75 Å². The third-order valence-corrected chi connectivity index (χ3v) is 6.47. The molecule has 2 aromatic rings. The fraction of sp³-hybridized carbons (Fsp3) is 0.467. The Morgan fingerprint density at radius 3 is 2.49 bits per heavy atom. The summed E-state index contributed by atoms with van der Waals surface area (Å²) in [6.45, 7) is 9.62. The van der Waals surface area contributed by atoms with Crippen LogP contribution in [0, 0.1) is 17.8 Å². The van der Waals surface area contributed by atoms with Gasteiger partial charge in [0, 0.05) is 29.9 Å². The van der Waals surface area contributed by atoms with E-state index in [4.69, 9.17) is 18.9 Å². The molecule has 0 spiro atoms. The van der Waals surface area contributed by atoms with Crippen LogP contribution in [0.5, 0.6) is 5.75 Å². The number of hydrogen-bond donors (Lipinski definition) is 1. The molecule has 1 N–H and O–H groups in total. The number of rotatable bonds is 11. The van der Waals surface area contributed by atoms with Crippen molar-refractivity contribution in [3.8, 4) is 5.75 Å². The predicted molar refractivity (Wildman–Crippen MR) is 139 cm³/mol. The van der Waals surface area contributed by atoms with Gasteiger partial charge in [-0.05, 0) is 24.6 Å². The topological polar surface area (TPSA) is 57.2 Å². The van der Waals surface area contributed by atoms with Crippen LogP contribution >= 0.6 is 0 Å². The minimum atomic E-state index is -0.341. The number of benzene rings is 2. The highest BCUT2D eigenvalue weighted by Crippen LogP contribution is 2.30. The average Bonchev–Trinajstić information content (AvgIpc) is 2.89. The highest BCUT2D eigenvalue weighted by atomic mass is 16.7. The molecule has 3 rings (SSSR count). The van der Waals surface area contributed by atoms with E-state index >= 15 is 0 Å². The van der Waals surface area contributed by atoms with Gasteiger partial charge < -0.3 is 24.1 Å². The maximum Gasteiger partial charge on any atom is 0.184 e. The molecule has 5 nitrogen and oxygen atoms in total. The summed E-state index contributed by atoms with van der Waals surface area (Å²) in [6, 6.07) is 17.9. The highest BCUT2D eigenvalue weighted by Gasteiger charge is 2.28. The third kappa shape index (κ3) is 8.04. The van der Waals surface area contributed by atoms with E-state index in [9.17, 15) is 5.11 Å². The molecule has 0 aliphatic carbocycles. The van der Waals surface area contributed by atoms with Gasteiger partial charge in [-0.25, -0.2) is 0 Å². The number of hydrogen-bond acceptors (Lipinski definition) is 5. The van der Waals surface area contributed by atoms with Crippen LogP contribution < -0.4 is 4.74 Å². The van der Waals surface area contributed by atoms with E-state index in [2.05, 4.69) is 39.0 Å². The van der Waals surface area contributed by atoms with Gasteiger partial charge in [0.05, 0.1) is 32.5 Å². The van der Waals surface area contributed by atoms with Crippen LogP contribution in [0.3, 0.4) is 0 Å². The summed E-state index contributed by atoms with van der Waals surface area (Å²) >= 11 is 0. The largest absolute Gasteiger partial charge is 0.497 e. The van der Waals surface area contributed by atoms with E-state index < -0.39 is 0 Å². The summed E-state index contributed by atoms with van der Waals surface area (Å²) in [5.41, 5.74) is 3.25. The zero-order valence-electron chi connectivity index (χ0n) is 21.6. The second kappa shape index (κ2) is 13.6. The van der Waals surface area contributed by atoms with Crippen LogP contribution in [0.25, 0.3) is 0 Å². The molecule has 0 unspecified atom stereocenters. The first-order valence-corrected chi connectivity index (χ1v) is 12.4. The molecule has 1 aliphatic heterocycles. The molecular formula is C30H40O5. The van der Waals surface area contributed by atoms with Crippen molar-refractivity contribution in [3.05, 3.63) is 89.5 Å². The van der Waals surface area contributed by atoms with Crippen molar-refractivity contribution in [2.45, 2.75) is 52.8 Å². The summed E-state index contributed by atoms with van der Waals surface area (Å²) in [5, 5.41) is 9.82. The van der Waals surface area contributed by atoms with E-state index in [1.165, 1.54) is 0 Å². The van der Waals surface area contributed by atoms with Crippen molar-refractivity contribution in [2.75, 3.05) is 20.3 Å². The molecule has 35 heavy (non-hydrogen) atoms. The Morgan fingerprint density at radius 2 is 1.83 bits per heavy atom. The van der Waals surface area contributed by atoms with Crippen LogP contribution in [-0.4, -0.2) is 37.6 Å². The molecule has 1 fully saturated rings. The lowest BCUT2D eigenvalue weighted by molar-refractivity contribution is -0.225. The maximum absolute atomic E-state index is 9.82. The smallest absolute Gasteiger partial charge is 0.184 e. The average molecular weight is 481 g/mol. The summed E-state index contributed by atoms with van der Waals surface area (Å²) in [5.74, 6) is 1.24. The summed E-state index contributed by atoms with van der Waals surface area (Å²) < 4.78 is 23.7. The number of ether oxygens (including phenoxy) is 4. The number of methoxy groups -OCH3 is 1. The Kier molecular flexibility index (Phi) is 10.5. The fourth-order valence-corrected chi connectivity index (χ4v) is 4.33. The van der Waals surface area contributed by atoms with Crippen molar-refractivity contribution in [3.63, 3.8) is 0 Å². The molecule has 2 aromatic carbocycles. The van der Waals surface area contributed by atoms with E-state index in [-0.39, 0.29) is 42.9 Å². The predicted octanol–water partition coefficient (Wildman–Crippen LogP) is 6.10. The van der Waals surface area contributed by atoms with Gasteiger partial charge in [0.2, 0.25) is 0 Å². The van der Waals surface area contributed by atoms with Crippen LogP contribution in [0.4, 0.5) is 0 Å². The zero-order valence-corrected chi connectivity index (χ0v) is 21.6. The minimum absolute atomic E-state index is 0.0155. The molecule has 0 bridgehead atoms. The number of aliphatic hydroxyl groups excluding tert-OH is 1. The van der Waals surface area contributed by atoms with Crippen molar-refractivity contribution >= 4 is 0 Å². The van der Waals surface area contributed by atoms with Gasteiger partial charge in [-0.3, -0.25) is 0 Å². The number of allylic oxidation sites excluding steroid dienone is 2. The molecular weight excluding hydrogens is 440 g/mol. The van der Waals surface area contributed by atoms with Crippen molar-refractivity contribution in [1.29, 1.82) is 0 Å². The molecule has 0 amide bonds. The first-order chi connectivity index (χ1) is 16.9. The zero-order chi connectivity index (χ0) is 25.2. The van der Waals surface area contributed by atoms with Gasteiger partial charge in [0.25, 0.3) is 0 Å². The van der Waals surface area contributed by atoms with Crippen molar-refractivity contribution in [1.82, 2.24) is 0 Å². The van der Waals surface area contributed by atoms with Crippen LogP contribution in [-0.2, 0) is 20.8 Å². The maximum atomic E-state index is 9.82. The quantitative estimate of drug-likeness (QED) is 0.394. The Morgan fingerprint density at radius 1 is 1.11 bits per heavy atom. The second-order valence-corrected chi connectivity index (χ2v) is 9.57. The van der Waals surface area contributed by atoms with Gasteiger partial charge in [-0.1, -0.05) is 87.0 Å². The molecule has 5 heteroatoms. The molecule has 0 aromatic heterocycles. The highest BCUT2D eigenvalue weighted by molar-refractivity contribution is 5.26. The molecule has 1 aliphatic rings. The first-order valence-electron chi connectivity index (χ1n) is 12.4. The van der Waals surface area contributed by atoms with Gasteiger partial charge in [-0.15, -0.1) is 0 Å². The van der Waals surface area contributed by atoms with E-state index in [1.807, 2.05) is 61.5 Å². The lowest BCUT2D eigenvalue weighted by atomic mass is 9.91. The van der Waals surface area contributed by atoms with E-state index in [0.717, 1.165) is 22.4 Å². The SMILES string of the molecule is COc1ccc(CO[C@H]([C@H](C)/C=C(C)/C=C/[C@@H]2O[C@H](c3ccccc3)OC[C@H]2C)[C@H](C)CO)cc1. The second-order valence-electron chi connectivity index (χ2n) is 9.57. The Bertz CT molecular complexity index is 937. The minimum Gasteiger partial charge on any atom is -0.497 e. The molecule has 1 heterocycles. The first kappa shape index (κ1) is 27.2. The Labute approximate surface area is 210 Å². The van der Waals surface area contributed by atoms with Crippen LogP contribution in [0.15, 0.2) is 78.4 Å². The monoisotopic (exact) mass is 480 g/mol. The third-order valence-electron chi connectivity index (χ3n) is 6.47. The van der Waals surface area contributed by atoms with Crippen LogP contribution in [0.1, 0.15) is 45.1 Å². The van der Waals surface area contributed by atoms with Crippen LogP contribution in [0.2, 0.25) is 0 Å². The molecule has 190 valence electrons. The Hall–Kier alpha value is -2.44. The standard InChI is InChI=1S/C30H40O5/c1-21(11-16-28-24(4)19-34-30(35-28)26-9-7-6-8-10-26)17-22(2)29(23(3)18-31)33-20-25-12-14-27(32-5)15-13-25/h6-17,22-24,28-31H,18-20H2,1-5H3/b16-11+,21-17+/t22-,23-,24-,28+,29-,30-/m1/s1. The molecule has 1 saturated heterocycles. The lowest BCUT2D eigenvalue weighted by Gasteiger charge is -2.33. The molecule has 0 radical (unpaired) electrons. The van der Waals surface area contributed by atoms with Gasteiger partial charge in [0.15, 0.2) is 6.29 Å². The number of aliphatic hydroxyl groups is 1. The van der Waals surface area contributed by atoms with Crippen molar-refractivity contribution in [2.24, 2.45) is 17.8 Å². The normalized spacial score (nSPS) is 23.7.